The normalized spacial score (nSPS) is 9.80. The summed E-state index contributed by atoms with van der Waals surface area (Å²) in [4.78, 5) is 4.05. The molecule has 0 aromatic carbocycles. The smallest absolute Gasteiger partial charge is 0.120 e. The number of nitriles is 1. The van der Waals surface area contributed by atoms with Crippen LogP contribution in [-0.2, 0) is 13.0 Å². The lowest BCUT2D eigenvalue weighted by Crippen LogP contribution is -2.02. The summed E-state index contributed by atoms with van der Waals surface area (Å²) in [6, 6.07) is 9.84. The molecule has 0 aliphatic heterocycles. The number of nitrogens with zero attached hydrogens (tertiary/aromatic N) is 3. The molecule has 0 unspecified atom stereocenters. The van der Waals surface area contributed by atoms with E-state index < -0.39 is 0 Å². The molecule has 0 fully saturated rings. The third-order valence-corrected chi connectivity index (χ3v) is 2.31. The molecule has 0 N–H and O–H groups in total. The molecule has 0 radical (unpaired) electrons. The fourth-order valence-electron chi connectivity index (χ4n) is 1.51. The molecular formula is C12H11N3. The highest BCUT2D eigenvalue weighted by atomic mass is 15.0. The van der Waals surface area contributed by atoms with E-state index >= 15 is 0 Å². The summed E-state index contributed by atoms with van der Waals surface area (Å²) >= 11 is 0. The number of pyridine rings is 1. The van der Waals surface area contributed by atoms with Crippen molar-refractivity contribution in [1.29, 1.82) is 5.26 Å². The number of aromatic nitrogens is 2. The van der Waals surface area contributed by atoms with Gasteiger partial charge < -0.3 is 4.57 Å². The average Bonchev–Trinajstić information content (AvgIpc) is 2.75. The molecule has 74 valence electrons. The number of aryl methyl sites for hydroxylation is 2. The van der Waals surface area contributed by atoms with Gasteiger partial charge in [-0.1, -0.05) is 6.07 Å². The van der Waals surface area contributed by atoms with Crippen LogP contribution in [0.5, 0.6) is 0 Å². The molecule has 15 heavy (non-hydrogen) atoms. The topological polar surface area (TPSA) is 41.6 Å². The van der Waals surface area contributed by atoms with Crippen LogP contribution in [-0.4, -0.2) is 9.55 Å². The first-order valence-electron chi connectivity index (χ1n) is 4.84. The Labute approximate surface area is 88.6 Å². The monoisotopic (exact) mass is 197 g/mol. The Morgan fingerprint density at radius 2 is 2.27 bits per heavy atom. The lowest BCUT2D eigenvalue weighted by Gasteiger charge is -2.03. The first-order chi connectivity index (χ1) is 7.40. The number of hydrogen-bond donors (Lipinski definition) is 0. The lowest BCUT2D eigenvalue weighted by atomic mass is 10.2. The summed E-state index contributed by atoms with van der Waals surface area (Å²) in [7, 11) is 0. The third kappa shape index (κ3) is 2.23. The molecule has 2 aromatic heterocycles. The van der Waals surface area contributed by atoms with Crippen molar-refractivity contribution in [3.05, 3.63) is 54.1 Å². The standard InChI is InChI=1S/C12H11N3/c13-9-12-4-2-7-15(12)8-5-11-3-1-6-14-10-11/h1-4,6-7,10H,5,8H2. The molecule has 3 heteroatoms. The van der Waals surface area contributed by atoms with E-state index in [0.29, 0.717) is 5.69 Å². The Morgan fingerprint density at radius 1 is 1.33 bits per heavy atom. The highest BCUT2D eigenvalue weighted by Crippen LogP contribution is 2.04. The minimum Gasteiger partial charge on any atom is -0.339 e. The van der Waals surface area contributed by atoms with Crippen LogP contribution in [0.1, 0.15) is 11.3 Å². The van der Waals surface area contributed by atoms with Crippen LogP contribution in [0, 0.1) is 11.3 Å². The van der Waals surface area contributed by atoms with Crippen LogP contribution < -0.4 is 0 Å². The molecule has 0 atom stereocenters. The van der Waals surface area contributed by atoms with E-state index in [0.717, 1.165) is 13.0 Å². The fourth-order valence-corrected chi connectivity index (χ4v) is 1.51. The van der Waals surface area contributed by atoms with Gasteiger partial charge in [0, 0.05) is 25.1 Å². The molecule has 2 rings (SSSR count). The summed E-state index contributed by atoms with van der Waals surface area (Å²) in [5, 5.41) is 8.82. The molecule has 0 aliphatic carbocycles. The molecular weight excluding hydrogens is 186 g/mol. The van der Waals surface area contributed by atoms with Gasteiger partial charge in [0.2, 0.25) is 0 Å². The molecule has 0 aliphatic rings. The Morgan fingerprint density at radius 3 is 3.00 bits per heavy atom. The van der Waals surface area contributed by atoms with Gasteiger partial charge in [0.25, 0.3) is 0 Å². The third-order valence-electron chi connectivity index (χ3n) is 2.31. The van der Waals surface area contributed by atoms with Gasteiger partial charge in [-0.2, -0.15) is 5.26 Å². The first-order valence-corrected chi connectivity index (χ1v) is 4.84. The van der Waals surface area contributed by atoms with E-state index in [1.165, 1.54) is 5.56 Å². The van der Waals surface area contributed by atoms with E-state index in [9.17, 15) is 0 Å². The van der Waals surface area contributed by atoms with Crippen molar-refractivity contribution in [3.63, 3.8) is 0 Å². The average molecular weight is 197 g/mol. The lowest BCUT2D eigenvalue weighted by molar-refractivity contribution is 0.691. The summed E-state index contributed by atoms with van der Waals surface area (Å²) in [6.07, 6.45) is 6.45. The van der Waals surface area contributed by atoms with Crippen molar-refractivity contribution in [2.24, 2.45) is 0 Å². The van der Waals surface area contributed by atoms with Crippen molar-refractivity contribution in [1.82, 2.24) is 9.55 Å². The zero-order valence-electron chi connectivity index (χ0n) is 8.30. The highest BCUT2D eigenvalue weighted by molar-refractivity contribution is 5.22. The Bertz CT molecular complexity index is 465. The maximum Gasteiger partial charge on any atom is 0.120 e. The second kappa shape index (κ2) is 4.43. The molecule has 0 saturated carbocycles. The minimum absolute atomic E-state index is 0.707. The predicted molar refractivity (Wildman–Crippen MR) is 57.1 cm³/mol. The van der Waals surface area contributed by atoms with E-state index in [1.807, 2.05) is 41.2 Å². The number of hydrogen-bond acceptors (Lipinski definition) is 2. The van der Waals surface area contributed by atoms with Crippen molar-refractivity contribution in [2.45, 2.75) is 13.0 Å². The molecule has 0 spiro atoms. The van der Waals surface area contributed by atoms with E-state index in [-0.39, 0.29) is 0 Å². The van der Waals surface area contributed by atoms with Crippen molar-refractivity contribution >= 4 is 0 Å². The quantitative estimate of drug-likeness (QED) is 0.755. The van der Waals surface area contributed by atoms with Gasteiger partial charge in [0.1, 0.15) is 11.8 Å². The Hall–Kier alpha value is -2.08. The van der Waals surface area contributed by atoms with Crippen LogP contribution in [0.3, 0.4) is 0 Å². The van der Waals surface area contributed by atoms with Gasteiger partial charge in [-0.15, -0.1) is 0 Å². The number of rotatable bonds is 3. The van der Waals surface area contributed by atoms with Crippen molar-refractivity contribution in [3.8, 4) is 6.07 Å². The van der Waals surface area contributed by atoms with Crippen LogP contribution in [0.15, 0.2) is 42.9 Å². The van der Waals surface area contributed by atoms with Crippen LogP contribution in [0.2, 0.25) is 0 Å². The van der Waals surface area contributed by atoms with Gasteiger partial charge in [-0.05, 0) is 30.2 Å². The summed E-state index contributed by atoms with van der Waals surface area (Å²) in [5.74, 6) is 0. The zero-order chi connectivity index (χ0) is 10.5. The molecule has 3 nitrogen and oxygen atoms in total. The Balaban J connectivity index is 2.03. The van der Waals surface area contributed by atoms with Crippen LogP contribution in [0.4, 0.5) is 0 Å². The van der Waals surface area contributed by atoms with E-state index in [4.69, 9.17) is 5.26 Å². The van der Waals surface area contributed by atoms with E-state index in [1.54, 1.807) is 6.20 Å². The summed E-state index contributed by atoms with van der Waals surface area (Å²) in [6.45, 7) is 0.821. The first kappa shape index (κ1) is 9.47. The SMILES string of the molecule is N#Cc1cccn1CCc1cccnc1. The van der Waals surface area contributed by atoms with Gasteiger partial charge in [-0.25, -0.2) is 0 Å². The van der Waals surface area contributed by atoms with Gasteiger partial charge in [0.15, 0.2) is 0 Å². The molecule has 2 heterocycles. The second-order valence-corrected chi connectivity index (χ2v) is 3.31. The van der Waals surface area contributed by atoms with E-state index in [2.05, 4.69) is 11.1 Å². The van der Waals surface area contributed by atoms with Gasteiger partial charge in [-0.3, -0.25) is 4.98 Å². The zero-order valence-corrected chi connectivity index (χ0v) is 8.30. The minimum atomic E-state index is 0.707. The second-order valence-electron chi connectivity index (χ2n) is 3.31. The van der Waals surface area contributed by atoms with Crippen molar-refractivity contribution < 1.29 is 0 Å². The molecule has 2 aromatic rings. The largest absolute Gasteiger partial charge is 0.339 e. The molecule has 0 saturated heterocycles. The predicted octanol–water partition coefficient (Wildman–Crippen LogP) is 2.00. The fraction of sp³-hybridized carbons (Fsp3) is 0.167. The molecule has 0 amide bonds. The van der Waals surface area contributed by atoms with Crippen molar-refractivity contribution in [2.75, 3.05) is 0 Å². The highest BCUT2D eigenvalue weighted by Gasteiger charge is 1.99. The summed E-state index contributed by atoms with van der Waals surface area (Å²) < 4.78 is 1.95. The maximum absolute atomic E-state index is 8.82. The maximum atomic E-state index is 8.82. The Kier molecular flexibility index (Phi) is 2.80. The van der Waals surface area contributed by atoms with Gasteiger partial charge in [0.05, 0.1) is 0 Å². The van der Waals surface area contributed by atoms with Crippen LogP contribution in [0.25, 0.3) is 0 Å². The van der Waals surface area contributed by atoms with Crippen LogP contribution >= 0.6 is 0 Å². The molecule has 0 bridgehead atoms. The van der Waals surface area contributed by atoms with Gasteiger partial charge >= 0.3 is 0 Å². The summed E-state index contributed by atoms with van der Waals surface area (Å²) in [5.41, 5.74) is 1.90.